The molecule has 1 fully saturated rings. The van der Waals surface area contributed by atoms with Crippen LogP contribution in [0.3, 0.4) is 0 Å². The number of aliphatic hydroxyl groups excluding tert-OH is 1. The van der Waals surface area contributed by atoms with Crippen molar-refractivity contribution in [2.45, 2.75) is 44.8 Å². The van der Waals surface area contributed by atoms with Crippen molar-refractivity contribution in [3.05, 3.63) is 0 Å². The zero-order valence-corrected chi connectivity index (χ0v) is 13.0. The molecule has 1 rings (SSSR count). The van der Waals surface area contributed by atoms with Crippen LogP contribution in [-0.2, 0) is 10.0 Å². The highest BCUT2D eigenvalue weighted by Gasteiger charge is 2.19. The second-order valence-corrected chi connectivity index (χ2v) is 6.91. The van der Waals surface area contributed by atoms with E-state index < -0.39 is 10.0 Å². The molecule has 0 heterocycles. The van der Waals surface area contributed by atoms with Crippen LogP contribution in [0.5, 0.6) is 0 Å². The van der Waals surface area contributed by atoms with Gasteiger partial charge in [-0.05, 0) is 32.6 Å². The van der Waals surface area contributed by atoms with E-state index >= 15 is 0 Å². The van der Waals surface area contributed by atoms with Gasteiger partial charge in [-0.3, -0.25) is 4.99 Å². The average Bonchev–Trinajstić information content (AvgIpc) is 2.36. The second kappa shape index (κ2) is 8.43. The molecule has 1 saturated carbocycles. The molecule has 0 saturated heterocycles. The maximum atomic E-state index is 10.9. The Morgan fingerprint density at radius 2 is 1.95 bits per heavy atom. The summed E-state index contributed by atoms with van der Waals surface area (Å²) in [7, 11) is -3.16. The summed E-state index contributed by atoms with van der Waals surface area (Å²) >= 11 is 0. The third-order valence-corrected chi connectivity index (χ3v) is 3.86. The molecule has 20 heavy (non-hydrogen) atoms. The van der Waals surface area contributed by atoms with Gasteiger partial charge in [0.15, 0.2) is 5.96 Å². The van der Waals surface area contributed by atoms with Gasteiger partial charge < -0.3 is 15.7 Å². The van der Waals surface area contributed by atoms with Crippen LogP contribution in [0.25, 0.3) is 0 Å². The van der Waals surface area contributed by atoms with Crippen molar-refractivity contribution in [1.29, 1.82) is 0 Å². The Morgan fingerprint density at radius 1 is 1.30 bits per heavy atom. The lowest BCUT2D eigenvalue weighted by atomic mass is 9.93. The summed E-state index contributed by atoms with van der Waals surface area (Å²) in [6.07, 6.45) is 4.43. The van der Waals surface area contributed by atoms with Crippen LogP contribution in [0.2, 0.25) is 0 Å². The Hall–Kier alpha value is -0.860. The van der Waals surface area contributed by atoms with Crippen LogP contribution in [0.1, 0.15) is 32.6 Å². The SMILES string of the molecule is CCNC(=NCCNS(C)(=O)=O)NC1CCC(O)CC1. The molecule has 1 aliphatic carbocycles. The Labute approximate surface area is 121 Å². The monoisotopic (exact) mass is 306 g/mol. The highest BCUT2D eigenvalue weighted by atomic mass is 32.2. The van der Waals surface area contributed by atoms with Crippen molar-refractivity contribution in [3.63, 3.8) is 0 Å². The third kappa shape index (κ3) is 7.66. The van der Waals surface area contributed by atoms with Crippen LogP contribution >= 0.6 is 0 Å². The Bertz CT molecular complexity index is 403. The molecular formula is C12H26N4O3S. The first-order valence-corrected chi connectivity index (χ1v) is 8.97. The molecule has 0 aromatic carbocycles. The normalized spacial score (nSPS) is 24.4. The summed E-state index contributed by atoms with van der Waals surface area (Å²) in [5.41, 5.74) is 0. The summed E-state index contributed by atoms with van der Waals surface area (Å²) in [6, 6.07) is 0.319. The van der Waals surface area contributed by atoms with E-state index in [1.807, 2.05) is 6.92 Å². The van der Waals surface area contributed by atoms with E-state index in [4.69, 9.17) is 0 Å². The van der Waals surface area contributed by atoms with E-state index in [0.717, 1.165) is 38.5 Å². The second-order valence-electron chi connectivity index (χ2n) is 5.08. The van der Waals surface area contributed by atoms with Gasteiger partial charge in [-0.2, -0.15) is 0 Å². The quantitative estimate of drug-likeness (QED) is 0.298. The van der Waals surface area contributed by atoms with Gasteiger partial charge >= 0.3 is 0 Å². The standard InChI is InChI=1S/C12H26N4O3S/c1-3-13-12(14-8-9-15-20(2,18)19)16-10-4-6-11(17)7-5-10/h10-11,15,17H,3-9H2,1-2H3,(H2,13,14,16). The first-order chi connectivity index (χ1) is 9.40. The Morgan fingerprint density at radius 3 is 2.50 bits per heavy atom. The Balaban J connectivity index is 2.38. The lowest BCUT2D eigenvalue weighted by Gasteiger charge is -2.27. The molecule has 0 aromatic heterocycles. The number of nitrogens with zero attached hydrogens (tertiary/aromatic N) is 1. The average molecular weight is 306 g/mol. The molecule has 0 spiro atoms. The minimum absolute atomic E-state index is 0.175. The van der Waals surface area contributed by atoms with Gasteiger partial charge in [-0.1, -0.05) is 0 Å². The number of sulfonamides is 1. The van der Waals surface area contributed by atoms with E-state index in [1.54, 1.807) is 0 Å². The van der Waals surface area contributed by atoms with Crippen molar-refractivity contribution < 1.29 is 13.5 Å². The van der Waals surface area contributed by atoms with Gasteiger partial charge in [0.2, 0.25) is 10.0 Å². The molecule has 0 amide bonds. The largest absolute Gasteiger partial charge is 0.393 e. The number of nitrogens with one attached hydrogen (secondary N) is 3. The number of hydrogen-bond acceptors (Lipinski definition) is 4. The van der Waals surface area contributed by atoms with E-state index in [1.165, 1.54) is 0 Å². The Kier molecular flexibility index (Phi) is 7.25. The van der Waals surface area contributed by atoms with Gasteiger partial charge in [-0.15, -0.1) is 0 Å². The summed E-state index contributed by atoms with van der Waals surface area (Å²) in [5.74, 6) is 0.698. The van der Waals surface area contributed by atoms with Gasteiger partial charge in [0.05, 0.1) is 18.9 Å². The van der Waals surface area contributed by atoms with E-state index in [0.29, 0.717) is 25.1 Å². The molecule has 4 N–H and O–H groups in total. The molecular weight excluding hydrogens is 280 g/mol. The summed E-state index contributed by atoms with van der Waals surface area (Å²) in [6.45, 7) is 3.41. The number of guanidine groups is 1. The van der Waals surface area contributed by atoms with Crippen molar-refractivity contribution in [1.82, 2.24) is 15.4 Å². The highest BCUT2D eigenvalue weighted by Crippen LogP contribution is 2.17. The lowest BCUT2D eigenvalue weighted by molar-refractivity contribution is 0.120. The summed E-state index contributed by atoms with van der Waals surface area (Å²) in [5, 5.41) is 15.9. The van der Waals surface area contributed by atoms with Gasteiger partial charge in [0.1, 0.15) is 0 Å². The number of hydrogen-bond donors (Lipinski definition) is 4. The van der Waals surface area contributed by atoms with Gasteiger partial charge in [0.25, 0.3) is 0 Å². The zero-order valence-electron chi connectivity index (χ0n) is 12.2. The van der Waals surface area contributed by atoms with E-state index in [-0.39, 0.29) is 6.10 Å². The van der Waals surface area contributed by atoms with Crippen molar-refractivity contribution >= 4 is 16.0 Å². The third-order valence-electron chi connectivity index (χ3n) is 3.13. The molecule has 118 valence electrons. The number of aliphatic imine (C=N–C) groups is 1. The summed E-state index contributed by atoms with van der Waals surface area (Å²) in [4.78, 5) is 4.33. The van der Waals surface area contributed by atoms with Gasteiger partial charge in [0, 0.05) is 19.1 Å². The smallest absolute Gasteiger partial charge is 0.208 e. The fraction of sp³-hybridized carbons (Fsp3) is 0.917. The summed E-state index contributed by atoms with van der Waals surface area (Å²) < 4.78 is 24.3. The van der Waals surface area contributed by atoms with Crippen molar-refractivity contribution in [2.75, 3.05) is 25.9 Å². The predicted octanol–water partition coefficient (Wildman–Crippen LogP) is -0.606. The molecule has 0 atom stereocenters. The van der Waals surface area contributed by atoms with Crippen LogP contribution in [0.4, 0.5) is 0 Å². The lowest BCUT2D eigenvalue weighted by Crippen LogP contribution is -2.45. The van der Waals surface area contributed by atoms with Crippen LogP contribution in [0, 0.1) is 0 Å². The highest BCUT2D eigenvalue weighted by molar-refractivity contribution is 7.88. The minimum Gasteiger partial charge on any atom is -0.393 e. The van der Waals surface area contributed by atoms with Crippen molar-refractivity contribution in [2.24, 2.45) is 4.99 Å². The number of rotatable bonds is 6. The van der Waals surface area contributed by atoms with Gasteiger partial charge in [-0.25, -0.2) is 13.1 Å². The maximum absolute atomic E-state index is 10.9. The topological polar surface area (TPSA) is 103 Å². The van der Waals surface area contributed by atoms with Crippen LogP contribution < -0.4 is 15.4 Å². The maximum Gasteiger partial charge on any atom is 0.208 e. The van der Waals surface area contributed by atoms with Crippen LogP contribution in [-0.4, -0.2) is 57.5 Å². The fourth-order valence-electron chi connectivity index (χ4n) is 2.13. The number of aliphatic hydroxyl groups is 1. The predicted molar refractivity (Wildman–Crippen MR) is 80.2 cm³/mol. The van der Waals surface area contributed by atoms with Crippen LogP contribution in [0.15, 0.2) is 4.99 Å². The fourth-order valence-corrected chi connectivity index (χ4v) is 2.59. The van der Waals surface area contributed by atoms with E-state index in [2.05, 4.69) is 20.3 Å². The molecule has 8 heteroatoms. The molecule has 1 aliphatic rings. The molecule has 0 bridgehead atoms. The molecule has 0 radical (unpaired) electrons. The first kappa shape index (κ1) is 17.2. The molecule has 0 unspecified atom stereocenters. The molecule has 7 nitrogen and oxygen atoms in total. The first-order valence-electron chi connectivity index (χ1n) is 7.08. The zero-order chi connectivity index (χ0) is 15.0. The van der Waals surface area contributed by atoms with E-state index in [9.17, 15) is 13.5 Å². The minimum atomic E-state index is -3.16. The van der Waals surface area contributed by atoms with Crippen molar-refractivity contribution in [3.8, 4) is 0 Å². The molecule has 0 aromatic rings. The molecule has 0 aliphatic heterocycles.